The van der Waals surface area contributed by atoms with Crippen LogP contribution < -0.4 is 10.6 Å². The van der Waals surface area contributed by atoms with Gasteiger partial charge in [-0.25, -0.2) is 0 Å². The smallest absolute Gasteiger partial charge is 0.220 e. The van der Waals surface area contributed by atoms with Crippen LogP contribution in [0.2, 0.25) is 0 Å². The fourth-order valence-corrected chi connectivity index (χ4v) is 1.87. The van der Waals surface area contributed by atoms with Gasteiger partial charge >= 0.3 is 0 Å². The lowest BCUT2D eigenvalue weighted by Crippen LogP contribution is -2.46. The minimum atomic E-state index is 0.190. The molecule has 1 saturated heterocycles. The number of carbonyl (C=O) groups is 1. The molecule has 1 rings (SSSR count). The van der Waals surface area contributed by atoms with Crippen molar-refractivity contribution in [1.29, 1.82) is 0 Å². The summed E-state index contributed by atoms with van der Waals surface area (Å²) in [5.41, 5.74) is 0.246. The number of carbonyl (C=O) groups excluding carboxylic acids is 1. The molecule has 0 aromatic carbocycles. The topological polar surface area (TPSA) is 44.4 Å². The predicted octanol–water partition coefficient (Wildman–Crippen LogP) is 0.834. The fraction of sp³-hybridized carbons (Fsp3) is 0.923. The Kier molecular flexibility index (Phi) is 5.92. The Morgan fingerprint density at radius 3 is 2.53 bits per heavy atom. The van der Waals surface area contributed by atoms with Crippen molar-refractivity contribution in [1.82, 2.24) is 15.5 Å². The molecule has 0 atom stereocenters. The Labute approximate surface area is 105 Å². The van der Waals surface area contributed by atoms with Crippen molar-refractivity contribution < 1.29 is 4.79 Å². The predicted molar refractivity (Wildman–Crippen MR) is 71.0 cm³/mol. The molecule has 1 aliphatic rings. The first-order chi connectivity index (χ1) is 7.97. The summed E-state index contributed by atoms with van der Waals surface area (Å²) in [6.45, 7) is 12.6. The van der Waals surface area contributed by atoms with Crippen molar-refractivity contribution in [3.8, 4) is 0 Å². The molecule has 1 aliphatic heterocycles. The molecule has 0 aliphatic carbocycles. The van der Waals surface area contributed by atoms with E-state index in [0.717, 1.165) is 45.7 Å². The molecule has 100 valence electrons. The van der Waals surface area contributed by atoms with Crippen molar-refractivity contribution >= 4 is 5.91 Å². The van der Waals surface area contributed by atoms with Crippen molar-refractivity contribution in [3.63, 3.8) is 0 Å². The molecule has 2 N–H and O–H groups in total. The molecule has 1 heterocycles. The fourth-order valence-electron chi connectivity index (χ4n) is 1.87. The monoisotopic (exact) mass is 241 g/mol. The summed E-state index contributed by atoms with van der Waals surface area (Å²) in [6.07, 6.45) is 1.59. The van der Waals surface area contributed by atoms with Crippen LogP contribution in [0, 0.1) is 5.41 Å². The highest BCUT2D eigenvalue weighted by atomic mass is 16.1. The van der Waals surface area contributed by atoms with E-state index >= 15 is 0 Å². The summed E-state index contributed by atoms with van der Waals surface area (Å²) >= 11 is 0. The highest BCUT2D eigenvalue weighted by molar-refractivity contribution is 5.75. The van der Waals surface area contributed by atoms with Crippen LogP contribution in [0.1, 0.15) is 33.6 Å². The van der Waals surface area contributed by atoms with Crippen molar-refractivity contribution in [2.24, 2.45) is 5.41 Å². The quantitative estimate of drug-likeness (QED) is 0.749. The highest BCUT2D eigenvalue weighted by Gasteiger charge is 2.13. The lowest BCUT2D eigenvalue weighted by atomic mass is 9.90. The largest absolute Gasteiger partial charge is 0.355 e. The lowest BCUT2D eigenvalue weighted by molar-refractivity contribution is -0.121. The maximum absolute atomic E-state index is 11.6. The zero-order valence-corrected chi connectivity index (χ0v) is 11.5. The standard InChI is InChI=1S/C13H27N3O/c1-13(2,3)5-4-12(17)15-8-11-16-9-6-14-7-10-16/h14H,4-11H2,1-3H3,(H,15,17). The van der Waals surface area contributed by atoms with Crippen LogP contribution in [0.4, 0.5) is 0 Å². The molecule has 0 bridgehead atoms. The van der Waals surface area contributed by atoms with Crippen molar-refractivity contribution in [2.75, 3.05) is 39.3 Å². The average Bonchev–Trinajstić information content (AvgIpc) is 2.27. The maximum Gasteiger partial charge on any atom is 0.220 e. The number of hydrogen-bond acceptors (Lipinski definition) is 3. The van der Waals surface area contributed by atoms with Gasteiger partial charge in [0, 0.05) is 45.7 Å². The van der Waals surface area contributed by atoms with Crippen LogP contribution in [-0.4, -0.2) is 50.1 Å². The summed E-state index contributed by atoms with van der Waals surface area (Å²) < 4.78 is 0. The first kappa shape index (κ1) is 14.5. The Morgan fingerprint density at radius 1 is 1.29 bits per heavy atom. The van der Waals surface area contributed by atoms with Crippen LogP contribution in [0.5, 0.6) is 0 Å². The third kappa shape index (κ3) is 7.34. The van der Waals surface area contributed by atoms with Gasteiger partial charge < -0.3 is 10.6 Å². The highest BCUT2D eigenvalue weighted by Crippen LogP contribution is 2.19. The van der Waals surface area contributed by atoms with E-state index in [2.05, 4.69) is 36.3 Å². The zero-order valence-electron chi connectivity index (χ0n) is 11.5. The molecule has 0 unspecified atom stereocenters. The second-order valence-electron chi connectivity index (χ2n) is 6.00. The van der Waals surface area contributed by atoms with E-state index in [9.17, 15) is 4.79 Å². The second kappa shape index (κ2) is 6.97. The summed E-state index contributed by atoms with van der Waals surface area (Å²) in [6, 6.07) is 0. The van der Waals surface area contributed by atoms with Gasteiger partial charge in [-0.3, -0.25) is 9.69 Å². The van der Waals surface area contributed by atoms with Crippen molar-refractivity contribution in [2.45, 2.75) is 33.6 Å². The van der Waals surface area contributed by atoms with Gasteiger partial charge in [-0.2, -0.15) is 0 Å². The minimum absolute atomic E-state index is 0.190. The Hall–Kier alpha value is -0.610. The lowest BCUT2D eigenvalue weighted by Gasteiger charge is -2.27. The van der Waals surface area contributed by atoms with Crippen molar-refractivity contribution in [3.05, 3.63) is 0 Å². The molecule has 4 heteroatoms. The van der Waals surface area contributed by atoms with E-state index in [1.807, 2.05) is 0 Å². The number of nitrogens with one attached hydrogen (secondary N) is 2. The molecule has 0 radical (unpaired) electrons. The third-order valence-electron chi connectivity index (χ3n) is 3.06. The number of piperazine rings is 1. The van der Waals surface area contributed by atoms with Gasteiger partial charge in [0.2, 0.25) is 5.91 Å². The number of nitrogens with zero attached hydrogens (tertiary/aromatic N) is 1. The van der Waals surface area contributed by atoms with Gasteiger partial charge in [0.1, 0.15) is 0 Å². The van der Waals surface area contributed by atoms with E-state index < -0.39 is 0 Å². The molecule has 0 spiro atoms. The Morgan fingerprint density at radius 2 is 1.94 bits per heavy atom. The van der Waals surface area contributed by atoms with Crippen LogP contribution in [0.15, 0.2) is 0 Å². The normalized spacial score (nSPS) is 18.1. The van der Waals surface area contributed by atoms with Gasteiger partial charge in [0.05, 0.1) is 0 Å². The number of amides is 1. The van der Waals surface area contributed by atoms with Gasteiger partial charge in [0.15, 0.2) is 0 Å². The first-order valence-corrected chi connectivity index (χ1v) is 6.67. The van der Waals surface area contributed by atoms with E-state index in [1.165, 1.54) is 0 Å². The summed E-state index contributed by atoms with van der Waals surface area (Å²) in [7, 11) is 0. The van der Waals surface area contributed by atoms with Gasteiger partial charge in [-0.1, -0.05) is 20.8 Å². The number of rotatable bonds is 5. The van der Waals surface area contributed by atoms with Crippen LogP contribution in [0.3, 0.4) is 0 Å². The molecule has 1 amide bonds. The maximum atomic E-state index is 11.6. The summed E-state index contributed by atoms with van der Waals surface area (Å²) in [5.74, 6) is 0.190. The first-order valence-electron chi connectivity index (χ1n) is 6.67. The van der Waals surface area contributed by atoms with E-state index in [4.69, 9.17) is 0 Å². The second-order valence-corrected chi connectivity index (χ2v) is 6.00. The zero-order chi connectivity index (χ0) is 12.7. The summed E-state index contributed by atoms with van der Waals surface area (Å²) in [5, 5.41) is 6.32. The average molecular weight is 241 g/mol. The molecule has 0 saturated carbocycles. The van der Waals surface area contributed by atoms with E-state index in [0.29, 0.717) is 6.42 Å². The van der Waals surface area contributed by atoms with Crippen LogP contribution in [-0.2, 0) is 4.79 Å². The van der Waals surface area contributed by atoms with E-state index in [-0.39, 0.29) is 11.3 Å². The van der Waals surface area contributed by atoms with Gasteiger partial charge in [0.25, 0.3) is 0 Å². The molecule has 0 aromatic rings. The molecule has 4 nitrogen and oxygen atoms in total. The minimum Gasteiger partial charge on any atom is -0.355 e. The third-order valence-corrected chi connectivity index (χ3v) is 3.06. The molecule has 0 aromatic heterocycles. The number of hydrogen-bond donors (Lipinski definition) is 2. The summed E-state index contributed by atoms with van der Waals surface area (Å²) in [4.78, 5) is 14.0. The van der Waals surface area contributed by atoms with Crippen LogP contribution in [0.25, 0.3) is 0 Å². The van der Waals surface area contributed by atoms with E-state index in [1.54, 1.807) is 0 Å². The molecular formula is C13H27N3O. The Bertz CT molecular complexity index is 229. The van der Waals surface area contributed by atoms with Gasteiger partial charge in [-0.05, 0) is 11.8 Å². The van der Waals surface area contributed by atoms with Crippen LogP contribution >= 0.6 is 0 Å². The van der Waals surface area contributed by atoms with Gasteiger partial charge in [-0.15, -0.1) is 0 Å². The molecule has 1 fully saturated rings. The molecular weight excluding hydrogens is 214 g/mol. The molecule has 17 heavy (non-hydrogen) atoms. The SMILES string of the molecule is CC(C)(C)CCC(=O)NCCN1CCNCC1. The Balaban J connectivity index is 2.03.